The van der Waals surface area contributed by atoms with Crippen LogP contribution < -0.4 is 10.6 Å². The van der Waals surface area contributed by atoms with E-state index in [2.05, 4.69) is 16.7 Å². The summed E-state index contributed by atoms with van der Waals surface area (Å²) >= 11 is 0. The Hall–Kier alpha value is -1.39. The molecule has 0 saturated carbocycles. The third kappa shape index (κ3) is 2.84. The molecule has 1 heterocycles. The molecule has 4 nitrogen and oxygen atoms in total. The van der Waals surface area contributed by atoms with E-state index in [9.17, 15) is 4.79 Å². The fourth-order valence-electron chi connectivity index (χ4n) is 2.01. The average molecular weight is 234 g/mol. The quantitative estimate of drug-likeness (QED) is 0.752. The van der Waals surface area contributed by atoms with Gasteiger partial charge in [0, 0.05) is 13.1 Å². The normalized spacial score (nSPS) is 18.5. The van der Waals surface area contributed by atoms with Crippen LogP contribution in [0, 0.1) is 0 Å². The lowest BCUT2D eigenvalue weighted by Crippen LogP contribution is -2.36. The Morgan fingerprint density at radius 1 is 1.41 bits per heavy atom. The van der Waals surface area contributed by atoms with Crippen LogP contribution in [-0.4, -0.2) is 32.7 Å². The molecule has 4 heteroatoms. The molecule has 0 aliphatic carbocycles. The van der Waals surface area contributed by atoms with Crippen molar-refractivity contribution in [3.8, 4) is 0 Å². The second kappa shape index (κ2) is 5.80. The second-order valence-electron chi connectivity index (χ2n) is 4.09. The first-order valence-corrected chi connectivity index (χ1v) is 5.94. The highest BCUT2D eigenvalue weighted by molar-refractivity contribution is 5.82. The third-order valence-corrected chi connectivity index (χ3v) is 2.91. The molecule has 1 aromatic carbocycles. The van der Waals surface area contributed by atoms with E-state index in [0.29, 0.717) is 13.2 Å². The summed E-state index contributed by atoms with van der Waals surface area (Å²) in [5.41, 5.74) is 2.22. The molecular formula is C13H18N2O2. The summed E-state index contributed by atoms with van der Waals surface area (Å²) in [5.74, 6) is -0.0487. The van der Waals surface area contributed by atoms with Crippen molar-refractivity contribution in [2.75, 3.05) is 26.7 Å². The van der Waals surface area contributed by atoms with Crippen molar-refractivity contribution in [3.63, 3.8) is 0 Å². The molecule has 1 aromatic rings. The fourth-order valence-corrected chi connectivity index (χ4v) is 2.01. The number of likely N-dealkylation sites (N-methyl/N-ethyl adjacent to an activating group) is 1. The van der Waals surface area contributed by atoms with Crippen molar-refractivity contribution in [2.24, 2.45) is 0 Å². The SMILES string of the molecule is CNCCNC(=O)C1OCCc2ccccc21. The molecule has 1 atom stereocenters. The molecular weight excluding hydrogens is 216 g/mol. The lowest BCUT2D eigenvalue weighted by Gasteiger charge is -2.25. The van der Waals surface area contributed by atoms with Crippen LogP contribution in [0.5, 0.6) is 0 Å². The largest absolute Gasteiger partial charge is 0.363 e. The Morgan fingerprint density at radius 2 is 2.24 bits per heavy atom. The summed E-state index contributed by atoms with van der Waals surface area (Å²) in [6.07, 6.45) is 0.438. The van der Waals surface area contributed by atoms with E-state index in [0.717, 1.165) is 18.5 Å². The molecule has 0 aromatic heterocycles. The third-order valence-electron chi connectivity index (χ3n) is 2.91. The molecule has 1 amide bonds. The maximum Gasteiger partial charge on any atom is 0.253 e. The molecule has 92 valence electrons. The predicted octanol–water partition coefficient (Wildman–Crippen LogP) is 0.636. The molecule has 17 heavy (non-hydrogen) atoms. The van der Waals surface area contributed by atoms with Gasteiger partial charge in [-0.2, -0.15) is 0 Å². The Labute approximate surface area is 101 Å². The van der Waals surface area contributed by atoms with Crippen molar-refractivity contribution in [1.82, 2.24) is 10.6 Å². The molecule has 0 bridgehead atoms. The number of amides is 1. The standard InChI is InChI=1S/C13H18N2O2/c1-14-7-8-15-13(16)12-11-5-3-2-4-10(11)6-9-17-12/h2-5,12,14H,6-9H2,1H3,(H,15,16). The van der Waals surface area contributed by atoms with Gasteiger partial charge in [-0.15, -0.1) is 0 Å². The molecule has 2 N–H and O–H groups in total. The van der Waals surface area contributed by atoms with Gasteiger partial charge in [-0.1, -0.05) is 24.3 Å². The van der Waals surface area contributed by atoms with Crippen LogP contribution in [0.15, 0.2) is 24.3 Å². The van der Waals surface area contributed by atoms with Gasteiger partial charge >= 0.3 is 0 Å². The highest BCUT2D eigenvalue weighted by Crippen LogP contribution is 2.26. The minimum atomic E-state index is -0.447. The Balaban J connectivity index is 2.05. The van der Waals surface area contributed by atoms with Gasteiger partial charge in [-0.05, 0) is 24.6 Å². The van der Waals surface area contributed by atoms with E-state index in [1.807, 2.05) is 25.2 Å². The number of nitrogens with one attached hydrogen (secondary N) is 2. The van der Waals surface area contributed by atoms with Crippen LogP contribution in [-0.2, 0) is 16.0 Å². The van der Waals surface area contributed by atoms with Crippen LogP contribution >= 0.6 is 0 Å². The number of benzene rings is 1. The first kappa shape index (κ1) is 12.1. The first-order chi connectivity index (χ1) is 8.33. The van der Waals surface area contributed by atoms with E-state index in [4.69, 9.17) is 4.74 Å². The predicted molar refractivity (Wildman–Crippen MR) is 65.8 cm³/mol. The smallest absolute Gasteiger partial charge is 0.253 e. The number of hydrogen-bond acceptors (Lipinski definition) is 3. The van der Waals surface area contributed by atoms with Crippen LogP contribution in [0.1, 0.15) is 17.2 Å². The van der Waals surface area contributed by atoms with Crippen molar-refractivity contribution in [1.29, 1.82) is 0 Å². The summed E-state index contributed by atoms with van der Waals surface area (Å²) in [6, 6.07) is 7.98. The number of fused-ring (bicyclic) bond motifs is 1. The second-order valence-corrected chi connectivity index (χ2v) is 4.09. The summed E-state index contributed by atoms with van der Waals surface area (Å²) in [4.78, 5) is 12.0. The molecule has 0 radical (unpaired) electrons. The maximum absolute atomic E-state index is 12.0. The fraction of sp³-hybridized carbons (Fsp3) is 0.462. The summed E-state index contributed by atoms with van der Waals surface area (Å²) < 4.78 is 5.56. The van der Waals surface area contributed by atoms with Gasteiger partial charge in [0.15, 0.2) is 6.10 Å². The van der Waals surface area contributed by atoms with E-state index in [1.54, 1.807) is 0 Å². The zero-order chi connectivity index (χ0) is 12.1. The number of carbonyl (C=O) groups excluding carboxylic acids is 1. The zero-order valence-corrected chi connectivity index (χ0v) is 10.0. The van der Waals surface area contributed by atoms with Crippen molar-refractivity contribution < 1.29 is 9.53 Å². The monoisotopic (exact) mass is 234 g/mol. The number of carbonyl (C=O) groups is 1. The van der Waals surface area contributed by atoms with Crippen LogP contribution in [0.2, 0.25) is 0 Å². The molecule has 1 unspecified atom stereocenters. The molecule has 2 rings (SSSR count). The zero-order valence-electron chi connectivity index (χ0n) is 10.0. The molecule has 0 spiro atoms. The lowest BCUT2D eigenvalue weighted by atomic mass is 9.97. The molecule has 0 fully saturated rings. The maximum atomic E-state index is 12.0. The van der Waals surface area contributed by atoms with E-state index < -0.39 is 6.10 Å². The van der Waals surface area contributed by atoms with Crippen molar-refractivity contribution in [2.45, 2.75) is 12.5 Å². The molecule has 1 aliphatic rings. The van der Waals surface area contributed by atoms with Gasteiger partial charge in [0.1, 0.15) is 0 Å². The van der Waals surface area contributed by atoms with E-state index in [1.165, 1.54) is 5.56 Å². The van der Waals surface area contributed by atoms with Gasteiger partial charge in [0.25, 0.3) is 5.91 Å². The van der Waals surface area contributed by atoms with Crippen molar-refractivity contribution >= 4 is 5.91 Å². The highest BCUT2D eigenvalue weighted by Gasteiger charge is 2.26. The Bertz CT molecular complexity index is 393. The van der Waals surface area contributed by atoms with E-state index >= 15 is 0 Å². The minimum absolute atomic E-state index is 0.0487. The number of ether oxygens (including phenoxy) is 1. The lowest BCUT2D eigenvalue weighted by molar-refractivity contribution is -0.134. The van der Waals surface area contributed by atoms with Crippen LogP contribution in [0.4, 0.5) is 0 Å². The summed E-state index contributed by atoms with van der Waals surface area (Å²) in [7, 11) is 1.86. The van der Waals surface area contributed by atoms with Crippen molar-refractivity contribution in [3.05, 3.63) is 35.4 Å². The average Bonchev–Trinajstić information content (AvgIpc) is 2.38. The summed E-state index contributed by atoms with van der Waals surface area (Å²) in [6.45, 7) is 2.00. The Morgan fingerprint density at radius 3 is 3.06 bits per heavy atom. The molecule has 0 saturated heterocycles. The highest BCUT2D eigenvalue weighted by atomic mass is 16.5. The Kier molecular flexibility index (Phi) is 4.12. The van der Waals surface area contributed by atoms with Gasteiger partial charge < -0.3 is 15.4 Å². The van der Waals surface area contributed by atoms with Gasteiger partial charge in [-0.25, -0.2) is 0 Å². The summed E-state index contributed by atoms with van der Waals surface area (Å²) in [5, 5.41) is 5.86. The van der Waals surface area contributed by atoms with Gasteiger partial charge in [0.2, 0.25) is 0 Å². The van der Waals surface area contributed by atoms with Crippen LogP contribution in [0.25, 0.3) is 0 Å². The van der Waals surface area contributed by atoms with Crippen LogP contribution in [0.3, 0.4) is 0 Å². The number of rotatable bonds is 4. The molecule has 1 aliphatic heterocycles. The van der Waals surface area contributed by atoms with E-state index in [-0.39, 0.29) is 5.91 Å². The minimum Gasteiger partial charge on any atom is -0.363 e. The number of hydrogen-bond donors (Lipinski definition) is 2. The topological polar surface area (TPSA) is 50.4 Å². The van der Waals surface area contributed by atoms with Gasteiger partial charge in [0.05, 0.1) is 6.61 Å². The van der Waals surface area contributed by atoms with Gasteiger partial charge in [-0.3, -0.25) is 4.79 Å². The first-order valence-electron chi connectivity index (χ1n) is 5.94.